The molecular formula is C13H20N2O2. The van der Waals surface area contributed by atoms with Crippen molar-refractivity contribution in [3.8, 4) is 11.5 Å². The molecule has 1 atom stereocenters. The van der Waals surface area contributed by atoms with Crippen LogP contribution in [0.5, 0.6) is 11.5 Å². The van der Waals surface area contributed by atoms with Crippen molar-refractivity contribution in [2.45, 2.75) is 25.9 Å². The Labute approximate surface area is 102 Å². The first-order valence-electron chi connectivity index (χ1n) is 5.93. The van der Waals surface area contributed by atoms with Gasteiger partial charge in [0, 0.05) is 29.3 Å². The fraction of sp³-hybridized carbons (Fsp3) is 0.538. The zero-order chi connectivity index (χ0) is 12.4. The number of rotatable bonds is 3. The molecule has 4 nitrogen and oxygen atoms in total. The van der Waals surface area contributed by atoms with Crippen LogP contribution in [-0.2, 0) is 13.0 Å². The average molecular weight is 236 g/mol. The van der Waals surface area contributed by atoms with E-state index in [0.29, 0.717) is 6.54 Å². The molecule has 1 aromatic carbocycles. The maximum absolute atomic E-state index is 5.77. The molecule has 0 saturated carbocycles. The Hall–Kier alpha value is -1.26. The molecule has 17 heavy (non-hydrogen) atoms. The first-order valence-corrected chi connectivity index (χ1v) is 5.93. The molecule has 0 saturated heterocycles. The topological polar surface area (TPSA) is 56.5 Å². The third-order valence-electron chi connectivity index (χ3n) is 3.36. The first kappa shape index (κ1) is 12.2. The van der Waals surface area contributed by atoms with E-state index in [1.165, 1.54) is 11.1 Å². The summed E-state index contributed by atoms with van der Waals surface area (Å²) in [6.45, 7) is 3.57. The van der Waals surface area contributed by atoms with E-state index in [1.54, 1.807) is 14.2 Å². The van der Waals surface area contributed by atoms with Crippen molar-refractivity contribution in [2.24, 2.45) is 5.73 Å². The Morgan fingerprint density at radius 3 is 2.76 bits per heavy atom. The van der Waals surface area contributed by atoms with Crippen LogP contribution >= 0.6 is 0 Å². The van der Waals surface area contributed by atoms with E-state index < -0.39 is 0 Å². The summed E-state index contributed by atoms with van der Waals surface area (Å²) >= 11 is 0. The minimum absolute atomic E-state index is 0.287. The normalized spacial score (nSPS) is 18.7. The van der Waals surface area contributed by atoms with Crippen LogP contribution in [0, 0.1) is 0 Å². The van der Waals surface area contributed by atoms with Gasteiger partial charge in [0.1, 0.15) is 11.5 Å². The summed E-state index contributed by atoms with van der Waals surface area (Å²) in [7, 11) is 3.40. The largest absolute Gasteiger partial charge is 0.496 e. The van der Waals surface area contributed by atoms with E-state index in [-0.39, 0.29) is 6.04 Å². The van der Waals surface area contributed by atoms with Gasteiger partial charge in [0.05, 0.1) is 14.2 Å². The number of nitrogens with one attached hydrogen (secondary N) is 1. The Morgan fingerprint density at radius 2 is 2.18 bits per heavy atom. The van der Waals surface area contributed by atoms with Crippen LogP contribution in [-0.4, -0.2) is 20.8 Å². The van der Waals surface area contributed by atoms with Crippen molar-refractivity contribution in [2.75, 3.05) is 20.8 Å². The smallest absolute Gasteiger partial charge is 0.127 e. The Kier molecular flexibility index (Phi) is 3.54. The summed E-state index contributed by atoms with van der Waals surface area (Å²) < 4.78 is 11.0. The third-order valence-corrected chi connectivity index (χ3v) is 3.36. The second kappa shape index (κ2) is 4.94. The maximum Gasteiger partial charge on any atom is 0.127 e. The van der Waals surface area contributed by atoms with Crippen molar-refractivity contribution < 1.29 is 9.47 Å². The van der Waals surface area contributed by atoms with E-state index >= 15 is 0 Å². The van der Waals surface area contributed by atoms with Crippen molar-refractivity contribution in [1.82, 2.24) is 5.32 Å². The molecule has 0 amide bonds. The molecule has 1 heterocycles. The van der Waals surface area contributed by atoms with Gasteiger partial charge >= 0.3 is 0 Å². The zero-order valence-corrected chi connectivity index (χ0v) is 10.7. The highest BCUT2D eigenvalue weighted by Gasteiger charge is 2.25. The van der Waals surface area contributed by atoms with Gasteiger partial charge in [-0.2, -0.15) is 0 Å². The lowest BCUT2D eigenvalue weighted by atomic mass is 9.91. The SMILES string of the molecule is COc1cc(CN)c(OC)c2c1C(C)NCC2. The highest BCUT2D eigenvalue weighted by Crippen LogP contribution is 2.39. The summed E-state index contributed by atoms with van der Waals surface area (Å²) in [6.07, 6.45) is 0.951. The molecule has 0 spiro atoms. The number of hydrogen-bond donors (Lipinski definition) is 2. The van der Waals surface area contributed by atoms with Gasteiger partial charge in [-0.1, -0.05) is 0 Å². The molecule has 0 fully saturated rings. The minimum atomic E-state index is 0.287. The molecule has 1 aliphatic rings. The monoisotopic (exact) mass is 236 g/mol. The standard InChI is InChI=1S/C13H20N2O2/c1-8-12-10(4-5-15-8)13(17-3)9(7-14)6-11(12)16-2/h6,8,15H,4-5,7,14H2,1-3H3. The highest BCUT2D eigenvalue weighted by molar-refractivity contribution is 5.56. The van der Waals surface area contributed by atoms with Crippen LogP contribution in [0.2, 0.25) is 0 Å². The lowest BCUT2D eigenvalue weighted by Gasteiger charge is -2.28. The molecule has 1 unspecified atom stereocenters. The molecule has 0 aromatic heterocycles. The van der Waals surface area contributed by atoms with E-state index in [1.807, 2.05) is 6.07 Å². The molecule has 1 aliphatic heterocycles. The van der Waals surface area contributed by atoms with Crippen LogP contribution in [0.4, 0.5) is 0 Å². The highest BCUT2D eigenvalue weighted by atomic mass is 16.5. The van der Waals surface area contributed by atoms with Crippen LogP contribution in [0.1, 0.15) is 29.7 Å². The predicted molar refractivity (Wildman–Crippen MR) is 67.6 cm³/mol. The van der Waals surface area contributed by atoms with Crippen molar-refractivity contribution >= 4 is 0 Å². The van der Waals surface area contributed by atoms with Gasteiger partial charge in [-0.25, -0.2) is 0 Å². The molecule has 3 N–H and O–H groups in total. The quantitative estimate of drug-likeness (QED) is 0.832. The Bertz CT molecular complexity index is 418. The van der Waals surface area contributed by atoms with Crippen molar-refractivity contribution in [1.29, 1.82) is 0 Å². The van der Waals surface area contributed by atoms with Crippen LogP contribution in [0.15, 0.2) is 6.07 Å². The lowest BCUT2D eigenvalue weighted by molar-refractivity contribution is 0.376. The fourth-order valence-corrected chi connectivity index (χ4v) is 2.58. The zero-order valence-electron chi connectivity index (χ0n) is 10.7. The molecular weight excluding hydrogens is 216 g/mol. The minimum Gasteiger partial charge on any atom is -0.496 e. The molecule has 2 rings (SSSR count). The van der Waals surface area contributed by atoms with E-state index in [2.05, 4.69) is 12.2 Å². The maximum atomic E-state index is 5.77. The van der Waals surface area contributed by atoms with Gasteiger partial charge in [0.15, 0.2) is 0 Å². The molecule has 0 radical (unpaired) electrons. The molecule has 4 heteroatoms. The van der Waals surface area contributed by atoms with E-state index in [9.17, 15) is 0 Å². The van der Waals surface area contributed by atoms with Gasteiger partial charge in [-0.05, 0) is 26.0 Å². The number of benzene rings is 1. The van der Waals surface area contributed by atoms with Crippen LogP contribution < -0.4 is 20.5 Å². The number of hydrogen-bond acceptors (Lipinski definition) is 4. The van der Waals surface area contributed by atoms with Gasteiger partial charge in [0.25, 0.3) is 0 Å². The van der Waals surface area contributed by atoms with Gasteiger partial charge < -0.3 is 20.5 Å². The summed E-state index contributed by atoms with van der Waals surface area (Å²) in [4.78, 5) is 0. The summed E-state index contributed by atoms with van der Waals surface area (Å²) in [5.41, 5.74) is 9.21. The second-order valence-electron chi connectivity index (χ2n) is 4.29. The van der Waals surface area contributed by atoms with E-state index in [0.717, 1.165) is 30.0 Å². The number of fused-ring (bicyclic) bond motifs is 1. The van der Waals surface area contributed by atoms with Gasteiger partial charge in [-0.15, -0.1) is 0 Å². The molecule has 1 aromatic rings. The Balaban J connectivity index is 2.65. The Morgan fingerprint density at radius 1 is 1.41 bits per heavy atom. The summed E-state index contributed by atoms with van der Waals surface area (Å²) in [5.74, 6) is 1.83. The molecule has 0 aliphatic carbocycles. The second-order valence-corrected chi connectivity index (χ2v) is 4.29. The van der Waals surface area contributed by atoms with Crippen molar-refractivity contribution in [3.05, 3.63) is 22.8 Å². The number of methoxy groups -OCH3 is 2. The molecule has 0 bridgehead atoms. The molecule has 94 valence electrons. The number of ether oxygens (including phenoxy) is 2. The summed E-state index contributed by atoms with van der Waals surface area (Å²) in [6, 6.07) is 2.27. The van der Waals surface area contributed by atoms with Crippen LogP contribution in [0.3, 0.4) is 0 Å². The number of nitrogens with two attached hydrogens (primary N) is 1. The summed E-state index contributed by atoms with van der Waals surface area (Å²) in [5, 5.41) is 3.43. The average Bonchev–Trinajstić information content (AvgIpc) is 2.36. The predicted octanol–water partition coefficient (Wildman–Crippen LogP) is 1.37. The van der Waals surface area contributed by atoms with Gasteiger partial charge in [-0.3, -0.25) is 0 Å². The third kappa shape index (κ3) is 1.98. The van der Waals surface area contributed by atoms with Crippen LogP contribution in [0.25, 0.3) is 0 Å². The fourth-order valence-electron chi connectivity index (χ4n) is 2.58. The van der Waals surface area contributed by atoms with Crippen molar-refractivity contribution in [3.63, 3.8) is 0 Å². The van der Waals surface area contributed by atoms with E-state index in [4.69, 9.17) is 15.2 Å². The first-order chi connectivity index (χ1) is 8.22. The van der Waals surface area contributed by atoms with Gasteiger partial charge in [0.2, 0.25) is 0 Å². The lowest BCUT2D eigenvalue weighted by Crippen LogP contribution is -2.29.